The van der Waals surface area contributed by atoms with Gasteiger partial charge in [-0.1, -0.05) is 43.7 Å². The summed E-state index contributed by atoms with van der Waals surface area (Å²) < 4.78 is 1.64. The molecule has 4 heteroatoms. The Morgan fingerprint density at radius 1 is 1.14 bits per heavy atom. The van der Waals surface area contributed by atoms with E-state index < -0.39 is 0 Å². The molecule has 1 heterocycles. The molecule has 1 amide bonds. The molecule has 4 nitrogen and oxygen atoms in total. The summed E-state index contributed by atoms with van der Waals surface area (Å²) in [5.41, 5.74) is 2.33. The minimum absolute atomic E-state index is 0.132. The summed E-state index contributed by atoms with van der Waals surface area (Å²) in [7, 11) is 1.80. The number of carbonyl (C=O) groups excluding carboxylic acids is 1. The number of carbonyl (C=O) groups is 1. The van der Waals surface area contributed by atoms with Crippen LogP contribution in [0.2, 0.25) is 0 Å². The van der Waals surface area contributed by atoms with Gasteiger partial charge in [0.05, 0.1) is 5.69 Å². The molecule has 1 aromatic heterocycles. The van der Waals surface area contributed by atoms with Gasteiger partial charge in [0.25, 0.3) is 5.91 Å². The molecule has 0 spiro atoms. The first-order valence-corrected chi connectivity index (χ1v) is 7.50. The average Bonchev–Trinajstić information content (AvgIpc) is 2.88. The van der Waals surface area contributed by atoms with Crippen LogP contribution in [0.25, 0.3) is 10.8 Å². The van der Waals surface area contributed by atoms with E-state index in [1.54, 1.807) is 11.7 Å². The molecule has 0 atom stereocenters. The lowest BCUT2D eigenvalue weighted by atomic mass is 10.1. The Morgan fingerprint density at radius 2 is 1.91 bits per heavy atom. The Bertz CT molecular complexity index is 820. The monoisotopic (exact) mass is 293 g/mol. The summed E-state index contributed by atoms with van der Waals surface area (Å²) in [6, 6.07) is 15.9. The van der Waals surface area contributed by atoms with E-state index in [-0.39, 0.29) is 5.91 Å². The van der Waals surface area contributed by atoms with E-state index in [2.05, 4.69) is 23.4 Å². The highest BCUT2D eigenvalue weighted by Gasteiger charge is 2.13. The number of anilines is 1. The van der Waals surface area contributed by atoms with Crippen molar-refractivity contribution in [1.82, 2.24) is 9.78 Å². The maximum atomic E-state index is 12.4. The van der Waals surface area contributed by atoms with Crippen LogP contribution in [-0.2, 0) is 13.5 Å². The number of amides is 1. The number of hydrogen-bond acceptors (Lipinski definition) is 2. The number of nitrogens with one attached hydrogen (secondary N) is 1. The van der Waals surface area contributed by atoms with Crippen LogP contribution in [0, 0.1) is 0 Å². The first-order chi connectivity index (χ1) is 10.7. The highest BCUT2D eigenvalue weighted by atomic mass is 16.2. The summed E-state index contributed by atoms with van der Waals surface area (Å²) in [5.74, 6) is -0.132. The van der Waals surface area contributed by atoms with Crippen molar-refractivity contribution in [2.45, 2.75) is 19.8 Å². The van der Waals surface area contributed by atoms with Crippen molar-refractivity contribution in [3.63, 3.8) is 0 Å². The van der Waals surface area contributed by atoms with Crippen molar-refractivity contribution in [3.05, 3.63) is 59.9 Å². The quantitative estimate of drug-likeness (QED) is 0.795. The van der Waals surface area contributed by atoms with Crippen molar-refractivity contribution in [3.8, 4) is 0 Å². The van der Waals surface area contributed by atoms with Crippen LogP contribution in [-0.4, -0.2) is 15.7 Å². The highest BCUT2D eigenvalue weighted by Crippen LogP contribution is 2.19. The lowest BCUT2D eigenvalue weighted by Gasteiger charge is -2.06. The van der Waals surface area contributed by atoms with Gasteiger partial charge in [-0.05, 0) is 35.4 Å². The molecule has 0 aliphatic carbocycles. The minimum atomic E-state index is -0.132. The smallest absolute Gasteiger partial charge is 0.273 e. The van der Waals surface area contributed by atoms with Gasteiger partial charge in [0.2, 0.25) is 0 Å². The molecule has 22 heavy (non-hydrogen) atoms. The van der Waals surface area contributed by atoms with E-state index >= 15 is 0 Å². The number of aryl methyl sites for hydroxylation is 2. The summed E-state index contributed by atoms with van der Waals surface area (Å²) in [6.07, 6.45) is 1.90. The highest BCUT2D eigenvalue weighted by molar-refractivity contribution is 6.04. The van der Waals surface area contributed by atoms with Crippen LogP contribution in [0.15, 0.2) is 48.5 Å². The van der Waals surface area contributed by atoms with E-state index in [1.165, 1.54) is 0 Å². The molecule has 112 valence electrons. The van der Waals surface area contributed by atoms with Crippen LogP contribution in [0.5, 0.6) is 0 Å². The third-order valence-corrected chi connectivity index (χ3v) is 3.68. The molecular weight excluding hydrogens is 274 g/mol. The molecule has 0 bridgehead atoms. The zero-order valence-corrected chi connectivity index (χ0v) is 12.8. The predicted octanol–water partition coefficient (Wildman–Crippen LogP) is 3.78. The van der Waals surface area contributed by atoms with Gasteiger partial charge >= 0.3 is 0 Å². The molecule has 3 aromatic rings. The van der Waals surface area contributed by atoms with E-state index in [0.29, 0.717) is 5.69 Å². The first kappa shape index (κ1) is 14.3. The normalized spacial score (nSPS) is 10.8. The molecule has 0 saturated carbocycles. The fourth-order valence-corrected chi connectivity index (χ4v) is 2.58. The van der Waals surface area contributed by atoms with Gasteiger partial charge in [0.15, 0.2) is 0 Å². The standard InChI is InChI=1S/C18H19N3O/c1-3-6-16-12-17(21(2)20-16)18(22)19-15-10-9-13-7-4-5-8-14(13)11-15/h4-5,7-12H,3,6H2,1-2H3,(H,19,22). The van der Waals surface area contributed by atoms with Crippen LogP contribution >= 0.6 is 0 Å². The second kappa shape index (κ2) is 6.02. The predicted molar refractivity (Wildman–Crippen MR) is 89.1 cm³/mol. The van der Waals surface area contributed by atoms with Gasteiger partial charge in [0, 0.05) is 12.7 Å². The molecule has 0 aliphatic heterocycles. The number of rotatable bonds is 4. The summed E-state index contributed by atoms with van der Waals surface area (Å²) >= 11 is 0. The fraction of sp³-hybridized carbons (Fsp3) is 0.222. The van der Waals surface area contributed by atoms with Crippen LogP contribution < -0.4 is 5.32 Å². The number of benzene rings is 2. The number of nitrogens with zero attached hydrogens (tertiary/aromatic N) is 2. The topological polar surface area (TPSA) is 46.9 Å². The third-order valence-electron chi connectivity index (χ3n) is 3.68. The van der Waals surface area contributed by atoms with Crippen molar-refractivity contribution in [2.24, 2.45) is 7.05 Å². The minimum Gasteiger partial charge on any atom is -0.321 e. The van der Waals surface area contributed by atoms with E-state index in [9.17, 15) is 4.79 Å². The fourth-order valence-electron chi connectivity index (χ4n) is 2.58. The van der Waals surface area contributed by atoms with Crippen molar-refractivity contribution >= 4 is 22.4 Å². The van der Waals surface area contributed by atoms with Crippen LogP contribution in [0.4, 0.5) is 5.69 Å². The molecule has 0 radical (unpaired) electrons. The second-order valence-corrected chi connectivity index (χ2v) is 5.41. The molecule has 3 rings (SSSR count). The van der Waals surface area contributed by atoms with E-state index in [0.717, 1.165) is 35.0 Å². The molecule has 2 aromatic carbocycles. The van der Waals surface area contributed by atoms with Gasteiger partial charge < -0.3 is 5.32 Å². The van der Waals surface area contributed by atoms with Gasteiger partial charge in [-0.25, -0.2) is 0 Å². The van der Waals surface area contributed by atoms with Crippen molar-refractivity contribution in [2.75, 3.05) is 5.32 Å². The average molecular weight is 293 g/mol. The molecule has 0 aliphatic rings. The van der Waals surface area contributed by atoms with Gasteiger partial charge in [0.1, 0.15) is 5.69 Å². The maximum Gasteiger partial charge on any atom is 0.273 e. The zero-order valence-electron chi connectivity index (χ0n) is 12.8. The first-order valence-electron chi connectivity index (χ1n) is 7.50. The Hall–Kier alpha value is -2.62. The Kier molecular flexibility index (Phi) is 3.92. The largest absolute Gasteiger partial charge is 0.321 e. The van der Waals surface area contributed by atoms with Crippen molar-refractivity contribution < 1.29 is 4.79 Å². The number of hydrogen-bond donors (Lipinski definition) is 1. The van der Waals surface area contributed by atoms with Gasteiger partial charge in [-0.15, -0.1) is 0 Å². The van der Waals surface area contributed by atoms with Crippen molar-refractivity contribution in [1.29, 1.82) is 0 Å². The third kappa shape index (κ3) is 2.86. The lowest BCUT2D eigenvalue weighted by Crippen LogP contribution is -2.15. The molecule has 0 unspecified atom stereocenters. The second-order valence-electron chi connectivity index (χ2n) is 5.41. The molecule has 1 N–H and O–H groups in total. The lowest BCUT2D eigenvalue weighted by molar-refractivity contribution is 0.101. The SMILES string of the molecule is CCCc1cc(C(=O)Nc2ccc3ccccc3c2)n(C)n1. The molecule has 0 saturated heterocycles. The van der Waals surface area contributed by atoms with E-state index in [1.807, 2.05) is 42.5 Å². The summed E-state index contributed by atoms with van der Waals surface area (Å²) in [4.78, 5) is 12.4. The van der Waals surface area contributed by atoms with Crippen LogP contribution in [0.1, 0.15) is 29.5 Å². The number of fused-ring (bicyclic) bond motifs is 1. The Labute approximate surface area is 129 Å². The van der Waals surface area contributed by atoms with E-state index in [4.69, 9.17) is 0 Å². The molecule has 0 fully saturated rings. The zero-order chi connectivity index (χ0) is 15.5. The Balaban J connectivity index is 1.83. The van der Waals surface area contributed by atoms with Gasteiger partial charge in [-0.3, -0.25) is 9.48 Å². The van der Waals surface area contributed by atoms with Gasteiger partial charge in [-0.2, -0.15) is 5.10 Å². The van der Waals surface area contributed by atoms with Crippen LogP contribution in [0.3, 0.4) is 0 Å². The summed E-state index contributed by atoms with van der Waals surface area (Å²) in [6.45, 7) is 2.10. The summed E-state index contributed by atoms with van der Waals surface area (Å²) in [5, 5.41) is 9.58. The Morgan fingerprint density at radius 3 is 2.68 bits per heavy atom. The maximum absolute atomic E-state index is 12.4. The molecular formula is C18H19N3O. The number of aromatic nitrogens is 2.